The van der Waals surface area contributed by atoms with Crippen LogP contribution in [0.3, 0.4) is 0 Å². The Balaban J connectivity index is 1.46. The molecule has 0 saturated heterocycles. The number of aromatic nitrogens is 1. The predicted octanol–water partition coefficient (Wildman–Crippen LogP) is 3.16. The molecule has 41 heavy (non-hydrogen) atoms. The maximum Gasteiger partial charge on any atom is 0.326 e. The third-order valence-electron chi connectivity index (χ3n) is 6.71. The van der Waals surface area contributed by atoms with E-state index < -0.39 is 31.7 Å². The van der Waals surface area contributed by atoms with Crippen molar-refractivity contribution in [2.75, 3.05) is 19.4 Å². The zero-order valence-corrected chi connectivity index (χ0v) is 24.8. The second kappa shape index (κ2) is 11.3. The number of hydrogen-bond donors (Lipinski definition) is 0. The lowest BCUT2D eigenvalue weighted by molar-refractivity contribution is -0.143. The molecule has 1 amide bonds. The van der Waals surface area contributed by atoms with Crippen molar-refractivity contribution in [3.63, 3.8) is 0 Å². The van der Waals surface area contributed by atoms with Crippen molar-refractivity contribution in [2.45, 2.75) is 36.2 Å². The molecule has 1 aliphatic rings. The number of nitrogens with zero attached hydrogens (tertiary/aromatic N) is 3. The van der Waals surface area contributed by atoms with Crippen LogP contribution in [0.2, 0.25) is 0 Å². The van der Waals surface area contributed by atoms with Crippen molar-refractivity contribution in [2.24, 2.45) is 4.99 Å². The first kappa shape index (κ1) is 28.9. The van der Waals surface area contributed by atoms with Gasteiger partial charge in [0.2, 0.25) is 10.0 Å². The number of rotatable bonds is 7. The van der Waals surface area contributed by atoms with Gasteiger partial charge in [-0.3, -0.25) is 9.59 Å². The lowest BCUT2D eigenvalue weighted by Gasteiger charge is -2.28. The fraction of sp³-hybridized carbons (Fsp3) is 0.250. The Morgan fingerprint density at radius 2 is 1.63 bits per heavy atom. The van der Waals surface area contributed by atoms with Gasteiger partial charge in [-0.1, -0.05) is 35.6 Å². The summed E-state index contributed by atoms with van der Waals surface area (Å²) in [5.74, 6) is -1.18. The van der Waals surface area contributed by atoms with Crippen LogP contribution >= 0.6 is 11.3 Å². The van der Waals surface area contributed by atoms with Gasteiger partial charge < -0.3 is 9.30 Å². The molecule has 1 aliphatic heterocycles. The SMILES string of the molecule is CCOC(=O)Cn1c(=NC(=O)c2ccc(S(=O)(=O)N3CCc4ccccc4C3)cc2)sc2cc(S(C)(=O)=O)ccc21. The predicted molar refractivity (Wildman–Crippen MR) is 154 cm³/mol. The highest BCUT2D eigenvalue weighted by Crippen LogP contribution is 2.26. The first-order valence-electron chi connectivity index (χ1n) is 12.7. The summed E-state index contributed by atoms with van der Waals surface area (Å²) in [6.07, 6.45) is 1.72. The van der Waals surface area contributed by atoms with Crippen molar-refractivity contribution >= 4 is 53.3 Å². The normalized spacial score (nSPS) is 14.6. The second-order valence-electron chi connectivity index (χ2n) is 9.48. The Morgan fingerprint density at radius 1 is 0.951 bits per heavy atom. The van der Waals surface area contributed by atoms with Crippen LogP contribution in [0.15, 0.2) is 81.5 Å². The van der Waals surface area contributed by atoms with Crippen LogP contribution in [0, 0.1) is 0 Å². The van der Waals surface area contributed by atoms with E-state index in [0.29, 0.717) is 23.2 Å². The standard InChI is InChI=1S/C28H27N3O7S3/c1-3-38-26(32)18-31-24-13-12-23(40(2,34)35)16-25(24)39-28(31)29-27(33)20-8-10-22(11-9-20)41(36,37)30-15-14-19-6-4-5-7-21(19)17-30/h4-13,16H,3,14-15,17-18H2,1-2H3. The topological polar surface area (TPSA) is 132 Å². The summed E-state index contributed by atoms with van der Waals surface area (Å²) >= 11 is 1.06. The van der Waals surface area contributed by atoms with Gasteiger partial charge in [-0.15, -0.1) is 0 Å². The van der Waals surface area contributed by atoms with Crippen LogP contribution in [0.4, 0.5) is 0 Å². The van der Waals surface area contributed by atoms with Crippen molar-refractivity contribution in [1.82, 2.24) is 8.87 Å². The number of benzene rings is 3. The van der Waals surface area contributed by atoms with Gasteiger partial charge in [-0.05, 0) is 66.9 Å². The largest absolute Gasteiger partial charge is 0.465 e. The van der Waals surface area contributed by atoms with E-state index in [0.717, 1.165) is 28.7 Å². The molecule has 0 saturated carbocycles. The number of hydrogen-bond acceptors (Lipinski definition) is 8. The molecule has 0 fully saturated rings. The minimum Gasteiger partial charge on any atom is -0.465 e. The average molecular weight is 614 g/mol. The molecular formula is C28H27N3O7S3. The van der Waals surface area contributed by atoms with Gasteiger partial charge in [0.25, 0.3) is 5.91 Å². The van der Waals surface area contributed by atoms with E-state index in [-0.39, 0.29) is 39.9 Å². The molecule has 1 aromatic heterocycles. The molecule has 0 radical (unpaired) electrons. The van der Waals surface area contributed by atoms with Crippen molar-refractivity contribution in [1.29, 1.82) is 0 Å². The van der Waals surface area contributed by atoms with Crippen LogP contribution in [0.25, 0.3) is 10.2 Å². The number of sulfone groups is 1. The Morgan fingerprint density at radius 3 is 2.32 bits per heavy atom. The number of fused-ring (bicyclic) bond motifs is 2. The van der Waals surface area contributed by atoms with Gasteiger partial charge >= 0.3 is 5.97 Å². The van der Waals surface area contributed by atoms with Gasteiger partial charge in [-0.2, -0.15) is 9.30 Å². The van der Waals surface area contributed by atoms with E-state index in [1.54, 1.807) is 13.0 Å². The highest BCUT2D eigenvalue weighted by Gasteiger charge is 2.28. The smallest absolute Gasteiger partial charge is 0.326 e. The number of thiazole rings is 1. The van der Waals surface area contributed by atoms with E-state index in [2.05, 4.69) is 4.99 Å². The lowest BCUT2D eigenvalue weighted by Crippen LogP contribution is -2.35. The minimum absolute atomic E-state index is 0.0703. The van der Waals surface area contributed by atoms with Gasteiger partial charge in [0.1, 0.15) is 6.54 Å². The number of sulfonamides is 1. The van der Waals surface area contributed by atoms with Crippen LogP contribution in [0.1, 0.15) is 28.4 Å². The van der Waals surface area contributed by atoms with Crippen molar-refractivity contribution < 1.29 is 31.2 Å². The van der Waals surface area contributed by atoms with Gasteiger partial charge in [0.15, 0.2) is 14.6 Å². The molecule has 0 bridgehead atoms. The molecule has 2 heterocycles. The monoisotopic (exact) mass is 613 g/mol. The number of amides is 1. The fourth-order valence-corrected chi connectivity index (χ4v) is 7.81. The summed E-state index contributed by atoms with van der Waals surface area (Å²) in [7, 11) is -7.26. The third-order valence-corrected chi connectivity index (χ3v) is 10.7. The molecule has 0 spiro atoms. The van der Waals surface area contributed by atoms with E-state index in [1.165, 1.54) is 45.3 Å². The Hall–Kier alpha value is -3.65. The molecule has 13 heteroatoms. The molecule has 214 valence electrons. The van der Waals surface area contributed by atoms with Crippen LogP contribution in [-0.4, -0.2) is 57.0 Å². The van der Waals surface area contributed by atoms with Crippen LogP contribution in [0.5, 0.6) is 0 Å². The molecule has 0 aliphatic carbocycles. The molecule has 0 atom stereocenters. The minimum atomic E-state index is -3.78. The summed E-state index contributed by atoms with van der Waals surface area (Å²) < 4.78 is 59.2. The summed E-state index contributed by atoms with van der Waals surface area (Å²) in [6.45, 7) is 2.26. The quantitative estimate of drug-likeness (QED) is 0.293. The first-order valence-corrected chi connectivity index (χ1v) is 16.9. The molecular weight excluding hydrogens is 587 g/mol. The van der Waals surface area contributed by atoms with E-state index in [4.69, 9.17) is 4.74 Å². The zero-order valence-electron chi connectivity index (χ0n) is 22.3. The van der Waals surface area contributed by atoms with Gasteiger partial charge in [0.05, 0.1) is 26.6 Å². The Labute approximate surface area is 241 Å². The Bertz CT molecular complexity index is 1940. The summed E-state index contributed by atoms with van der Waals surface area (Å²) in [5.41, 5.74) is 2.78. The zero-order chi connectivity index (χ0) is 29.4. The highest BCUT2D eigenvalue weighted by molar-refractivity contribution is 7.90. The Kier molecular flexibility index (Phi) is 7.97. The lowest BCUT2D eigenvalue weighted by atomic mass is 10.0. The van der Waals surface area contributed by atoms with E-state index >= 15 is 0 Å². The molecule has 5 rings (SSSR count). The van der Waals surface area contributed by atoms with Crippen LogP contribution < -0.4 is 4.80 Å². The number of carbonyl (C=O) groups is 2. The number of esters is 1. The van der Waals surface area contributed by atoms with Crippen molar-refractivity contribution in [3.05, 3.63) is 88.2 Å². The van der Waals surface area contributed by atoms with Gasteiger partial charge in [-0.25, -0.2) is 16.8 Å². The molecule has 10 nitrogen and oxygen atoms in total. The number of carbonyl (C=O) groups excluding carboxylic acids is 2. The highest BCUT2D eigenvalue weighted by atomic mass is 32.2. The summed E-state index contributed by atoms with van der Waals surface area (Å²) in [4.78, 5) is 30.0. The van der Waals surface area contributed by atoms with Gasteiger partial charge in [0, 0.05) is 24.9 Å². The third kappa shape index (κ3) is 6.03. The molecule has 4 aromatic rings. The second-order valence-corrected chi connectivity index (χ2v) is 14.4. The van der Waals surface area contributed by atoms with Crippen molar-refractivity contribution in [3.8, 4) is 0 Å². The summed E-state index contributed by atoms with van der Waals surface area (Å²) in [5, 5.41) is 0. The maximum atomic E-state index is 13.3. The first-order chi connectivity index (χ1) is 19.5. The van der Waals surface area contributed by atoms with Crippen LogP contribution in [-0.2, 0) is 48.9 Å². The number of ether oxygens (including phenoxy) is 1. The fourth-order valence-electron chi connectivity index (χ4n) is 4.60. The molecule has 0 unspecified atom stereocenters. The van der Waals surface area contributed by atoms with E-state index in [9.17, 15) is 26.4 Å². The summed E-state index contributed by atoms with van der Waals surface area (Å²) in [6, 6.07) is 17.8. The molecule has 3 aromatic carbocycles. The average Bonchev–Trinajstić information content (AvgIpc) is 3.28. The maximum absolute atomic E-state index is 13.3. The van der Waals surface area contributed by atoms with E-state index in [1.807, 2.05) is 24.3 Å². The molecule has 0 N–H and O–H groups in total.